The molecule has 0 radical (unpaired) electrons. The zero-order chi connectivity index (χ0) is 24.9. The highest BCUT2D eigenvalue weighted by molar-refractivity contribution is 7.14. The van der Waals surface area contributed by atoms with E-state index in [1.54, 1.807) is 25.1 Å². The van der Waals surface area contributed by atoms with Crippen LogP contribution in [0.2, 0.25) is 5.02 Å². The number of rotatable bonds is 4. The van der Waals surface area contributed by atoms with Gasteiger partial charge in [0.25, 0.3) is 5.91 Å². The molecular weight excluding hydrogens is 468 g/mol. The molecule has 0 spiro atoms. The molecule has 1 aliphatic rings. The minimum absolute atomic E-state index is 0.0544. The van der Waals surface area contributed by atoms with E-state index in [0.29, 0.717) is 26.8 Å². The first kappa shape index (κ1) is 24.2. The Morgan fingerprint density at radius 1 is 1.09 bits per heavy atom. The van der Waals surface area contributed by atoms with Crippen molar-refractivity contribution in [2.75, 3.05) is 4.90 Å². The predicted molar refractivity (Wildman–Crippen MR) is 137 cm³/mol. The maximum atomic E-state index is 13.7. The van der Waals surface area contributed by atoms with Crippen LogP contribution >= 0.6 is 22.9 Å². The average molecular weight is 495 g/mol. The standard InChI is InChI=1S/C27H27ClN2O3S/c1-14-19(28)8-7-9-20(14)30-22(17-10-12-18(13-11-17)27(4,5)6)21(24(32)26(30)33)23(31)25-15(2)29-16(3)34-25/h7-13,22,32H,1-6H3. The summed E-state index contributed by atoms with van der Waals surface area (Å²) in [5, 5.41) is 12.3. The van der Waals surface area contributed by atoms with E-state index in [4.69, 9.17) is 11.6 Å². The molecule has 2 heterocycles. The Balaban J connectivity index is 1.92. The molecule has 34 heavy (non-hydrogen) atoms. The van der Waals surface area contributed by atoms with Gasteiger partial charge in [-0.3, -0.25) is 14.5 Å². The van der Waals surface area contributed by atoms with Gasteiger partial charge in [-0.05, 0) is 55.0 Å². The average Bonchev–Trinajstić information content (AvgIpc) is 3.25. The number of aryl methyl sites for hydroxylation is 2. The van der Waals surface area contributed by atoms with Crippen LogP contribution in [0.15, 0.2) is 53.8 Å². The topological polar surface area (TPSA) is 70.5 Å². The van der Waals surface area contributed by atoms with E-state index in [1.165, 1.54) is 16.2 Å². The highest BCUT2D eigenvalue weighted by Crippen LogP contribution is 2.44. The number of Topliss-reactive ketones (excluding diaryl/α,β-unsaturated/α-hetero) is 1. The molecule has 4 rings (SSSR count). The summed E-state index contributed by atoms with van der Waals surface area (Å²) in [6.45, 7) is 11.8. The second-order valence-corrected chi connectivity index (χ2v) is 11.2. The van der Waals surface area contributed by atoms with Crippen molar-refractivity contribution >= 4 is 40.3 Å². The molecule has 2 aromatic carbocycles. The quantitative estimate of drug-likeness (QED) is 0.405. The lowest BCUT2D eigenvalue weighted by Gasteiger charge is -2.29. The van der Waals surface area contributed by atoms with E-state index in [-0.39, 0.29) is 16.8 Å². The van der Waals surface area contributed by atoms with Crippen molar-refractivity contribution in [3.8, 4) is 0 Å². The van der Waals surface area contributed by atoms with E-state index < -0.39 is 17.7 Å². The molecular formula is C27H27ClN2O3S. The number of aliphatic hydroxyl groups is 1. The van der Waals surface area contributed by atoms with Crippen LogP contribution in [0.1, 0.15) is 63.9 Å². The molecule has 1 aromatic heterocycles. The van der Waals surface area contributed by atoms with E-state index in [0.717, 1.165) is 16.1 Å². The minimum atomic E-state index is -0.798. The summed E-state index contributed by atoms with van der Waals surface area (Å²) in [5.41, 5.74) is 3.68. The molecule has 0 saturated heterocycles. The second kappa shape index (κ2) is 8.67. The van der Waals surface area contributed by atoms with Gasteiger partial charge in [-0.2, -0.15) is 0 Å². The fraction of sp³-hybridized carbons (Fsp3) is 0.296. The van der Waals surface area contributed by atoms with Crippen LogP contribution in [0.25, 0.3) is 0 Å². The third-order valence-electron chi connectivity index (χ3n) is 6.15. The number of hydrogen-bond acceptors (Lipinski definition) is 5. The van der Waals surface area contributed by atoms with Gasteiger partial charge in [0.05, 0.1) is 27.2 Å². The number of nitrogens with zero attached hydrogens (tertiary/aromatic N) is 2. The number of thiazole rings is 1. The molecule has 1 N–H and O–H groups in total. The number of carbonyl (C=O) groups excluding carboxylic acids is 2. The summed E-state index contributed by atoms with van der Waals surface area (Å²) in [7, 11) is 0. The number of ketones is 1. The van der Waals surface area contributed by atoms with Gasteiger partial charge in [0.15, 0.2) is 5.76 Å². The first-order chi connectivity index (χ1) is 15.9. The lowest BCUT2D eigenvalue weighted by atomic mass is 9.85. The number of amides is 1. The molecule has 0 bridgehead atoms. The summed E-state index contributed by atoms with van der Waals surface area (Å²) < 4.78 is 0. The van der Waals surface area contributed by atoms with Gasteiger partial charge in [-0.15, -0.1) is 11.3 Å². The van der Waals surface area contributed by atoms with E-state index >= 15 is 0 Å². The van der Waals surface area contributed by atoms with Crippen LogP contribution in [-0.2, 0) is 10.2 Å². The zero-order valence-corrected chi connectivity index (χ0v) is 21.6. The Bertz CT molecular complexity index is 1330. The molecule has 1 amide bonds. The molecule has 1 aliphatic heterocycles. The number of anilines is 1. The van der Waals surface area contributed by atoms with Crippen molar-refractivity contribution < 1.29 is 14.7 Å². The van der Waals surface area contributed by atoms with E-state index in [9.17, 15) is 14.7 Å². The van der Waals surface area contributed by atoms with Gasteiger partial charge in [-0.1, -0.05) is 62.7 Å². The van der Waals surface area contributed by atoms with Crippen LogP contribution in [-0.4, -0.2) is 21.8 Å². The molecule has 176 valence electrons. The molecule has 1 atom stereocenters. The summed E-state index contributed by atoms with van der Waals surface area (Å²) in [4.78, 5) is 33.4. The summed E-state index contributed by atoms with van der Waals surface area (Å²) in [5.74, 6) is -1.56. The van der Waals surface area contributed by atoms with Crippen molar-refractivity contribution in [1.29, 1.82) is 0 Å². The lowest BCUT2D eigenvalue weighted by molar-refractivity contribution is -0.117. The van der Waals surface area contributed by atoms with Crippen LogP contribution < -0.4 is 4.90 Å². The van der Waals surface area contributed by atoms with Crippen LogP contribution in [0.4, 0.5) is 5.69 Å². The Morgan fingerprint density at radius 3 is 2.29 bits per heavy atom. The zero-order valence-electron chi connectivity index (χ0n) is 20.1. The van der Waals surface area contributed by atoms with Gasteiger partial charge in [-0.25, -0.2) is 4.98 Å². The number of benzene rings is 2. The Hall–Kier alpha value is -2.96. The molecule has 5 nitrogen and oxygen atoms in total. The van der Waals surface area contributed by atoms with Crippen LogP contribution in [0.5, 0.6) is 0 Å². The van der Waals surface area contributed by atoms with Gasteiger partial charge in [0.1, 0.15) is 0 Å². The van der Waals surface area contributed by atoms with Crippen molar-refractivity contribution in [2.24, 2.45) is 0 Å². The molecule has 0 saturated carbocycles. The van der Waals surface area contributed by atoms with Gasteiger partial charge < -0.3 is 5.11 Å². The van der Waals surface area contributed by atoms with Gasteiger partial charge in [0, 0.05) is 10.7 Å². The normalized spacial score (nSPS) is 16.5. The fourth-order valence-electron chi connectivity index (χ4n) is 4.29. The third kappa shape index (κ3) is 4.05. The van der Waals surface area contributed by atoms with E-state index in [2.05, 4.69) is 25.8 Å². The van der Waals surface area contributed by atoms with Crippen molar-refractivity contribution in [3.63, 3.8) is 0 Å². The first-order valence-electron chi connectivity index (χ1n) is 11.0. The molecule has 3 aromatic rings. The third-order valence-corrected chi connectivity index (χ3v) is 7.63. The monoisotopic (exact) mass is 494 g/mol. The van der Waals surface area contributed by atoms with Crippen molar-refractivity contribution in [1.82, 2.24) is 4.98 Å². The largest absolute Gasteiger partial charge is 0.503 e. The summed E-state index contributed by atoms with van der Waals surface area (Å²) in [6.07, 6.45) is 0. The smallest absolute Gasteiger partial charge is 0.294 e. The lowest BCUT2D eigenvalue weighted by Crippen LogP contribution is -2.31. The van der Waals surface area contributed by atoms with Crippen molar-refractivity contribution in [3.05, 3.63) is 91.1 Å². The molecule has 1 unspecified atom stereocenters. The Labute approximate surface area is 208 Å². The second-order valence-electron chi connectivity index (χ2n) is 9.57. The number of carbonyl (C=O) groups is 2. The first-order valence-corrected chi connectivity index (χ1v) is 12.2. The minimum Gasteiger partial charge on any atom is -0.503 e. The highest BCUT2D eigenvalue weighted by Gasteiger charge is 2.45. The number of hydrogen-bond donors (Lipinski definition) is 1. The van der Waals surface area contributed by atoms with Crippen molar-refractivity contribution in [2.45, 2.75) is 53.0 Å². The Kier molecular flexibility index (Phi) is 6.17. The number of halogens is 1. The fourth-order valence-corrected chi connectivity index (χ4v) is 5.33. The predicted octanol–water partition coefficient (Wildman–Crippen LogP) is 6.80. The Morgan fingerprint density at radius 2 is 1.74 bits per heavy atom. The maximum Gasteiger partial charge on any atom is 0.294 e. The summed E-state index contributed by atoms with van der Waals surface area (Å²) >= 11 is 7.63. The maximum absolute atomic E-state index is 13.7. The molecule has 7 heteroatoms. The van der Waals surface area contributed by atoms with Gasteiger partial charge >= 0.3 is 0 Å². The number of aromatic nitrogens is 1. The summed E-state index contributed by atoms with van der Waals surface area (Å²) in [6, 6.07) is 12.3. The SMILES string of the molecule is Cc1nc(C)c(C(=O)C2=C(O)C(=O)N(c3cccc(Cl)c3C)C2c2ccc(C(C)(C)C)cc2)s1. The highest BCUT2D eigenvalue weighted by atomic mass is 35.5. The number of aliphatic hydroxyl groups excluding tert-OH is 1. The van der Waals surface area contributed by atoms with Crippen LogP contribution in [0.3, 0.4) is 0 Å². The van der Waals surface area contributed by atoms with Crippen LogP contribution in [0, 0.1) is 20.8 Å². The molecule has 0 fully saturated rings. The van der Waals surface area contributed by atoms with E-state index in [1.807, 2.05) is 38.1 Å². The molecule has 0 aliphatic carbocycles. The van der Waals surface area contributed by atoms with Gasteiger partial charge in [0.2, 0.25) is 5.78 Å².